The maximum Gasteiger partial charge on any atom is 0.245 e. The van der Waals surface area contributed by atoms with Crippen molar-refractivity contribution < 1.29 is 25.9 Å². The van der Waals surface area contributed by atoms with Gasteiger partial charge in [-0.05, 0) is 29.3 Å². The summed E-state index contributed by atoms with van der Waals surface area (Å²) < 4.78 is 51.6. The molecule has 4 heterocycles. The Balaban J connectivity index is 1.66. The number of nitrogens with one attached hydrogen (secondary N) is 1. The summed E-state index contributed by atoms with van der Waals surface area (Å²) >= 11 is 0. The maximum absolute atomic E-state index is 13.3. The Morgan fingerprint density at radius 3 is 2.93 bits per heavy atom. The van der Waals surface area contributed by atoms with Gasteiger partial charge in [-0.25, -0.2) is 0 Å². The molecule has 146 valence electrons. The number of H-pyrrole nitrogens is 1. The number of benzene rings is 2. The molecule has 1 aromatic heterocycles. The van der Waals surface area contributed by atoms with Crippen LogP contribution in [0.3, 0.4) is 0 Å². The quantitative estimate of drug-likeness (QED) is 0.687. The van der Waals surface area contributed by atoms with Crippen molar-refractivity contribution in [1.29, 1.82) is 0 Å². The van der Waals surface area contributed by atoms with Gasteiger partial charge in [0.1, 0.15) is 8.78 Å². The van der Waals surface area contributed by atoms with Crippen LogP contribution in [0.5, 0.6) is 11.5 Å². The fourth-order valence-electron chi connectivity index (χ4n) is 4.49. The van der Waals surface area contributed by atoms with Crippen molar-refractivity contribution in [2.45, 2.75) is 18.5 Å². The van der Waals surface area contributed by atoms with E-state index in [9.17, 15) is 9.59 Å². The summed E-state index contributed by atoms with van der Waals surface area (Å²) in [4.78, 5) is 32.5. The van der Waals surface area contributed by atoms with E-state index in [1.54, 1.807) is 7.05 Å². The van der Waals surface area contributed by atoms with E-state index in [0.29, 0.717) is 5.69 Å². The molecular formula is C22H19N3O4. The highest BCUT2D eigenvalue weighted by atomic mass is 16.7. The van der Waals surface area contributed by atoms with Crippen LogP contribution >= 0.6 is 0 Å². The Kier molecular flexibility index (Phi) is 2.42. The molecule has 7 nitrogen and oxygen atoms in total. The Bertz CT molecular complexity index is 1420. The predicted molar refractivity (Wildman–Crippen MR) is 105 cm³/mol. The molecule has 3 aliphatic rings. The number of carbonyl (C=O) groups is 2. The average molecular weight is 394 g/mol. The third-order valence-corrected chi connectivity index (χ3v) is 5.78. The highest BCUT2D eigenvalue weighted by Gasteiger charge is 2.47. The minimum atomic E-state index is -2.58. The van der Waals surface area contributed by atoms with Crippen LogP contribution in [-0.2, 0) is 16.0 Å². The first-order chi connectivity index (χ1) is 16.1. The number of amides is 2. The van der Waals surface area contributed by atoms with E-state index in [4.69, 9.17) is 16.3 Å². The van der Waals surface area contributed by atoms with Crippen LogP contribution in [0.15, 0.2) is 42.4 Å². The molecule has 0 aliphatic carbocycles. The van der Waals surface area contributed by atoms with Crippen molar-refractivity contribution >= 4 is 22.7 Å². The average Bonchev–Trinajstić information content (AvgIpc) is 3.33. The SMILES string of the molecule is [2H]c1c([2H])c(C2c3[nH]c4ccccc4c3C[C@@H]3C(=O)N(C)CC(=O)N23)c([2H])c2c1OC([2H])([2H])O2. The first kappa shape index (κ1) is 12.2. The summed E-state index contributed by atoms with van der Waals surface area (Å²) in [7, 11) is 1.56. The molecule has 6 rings (SSSR count). The van der Waals surface area contributed by atoms with Crippen molar-refractivity contribution in [3.05, 3.63) is 59.2 Å². The Morgan fingerprint density at radius 2 is 2.03 bits per heavy atom. The molecule has 2 aromatic carbocycles. The molecule has 29 heavy (non-hydrogen) atoms. The van der Waals surface area contributed by atoms with Crippen molar-refractivity contribution in [3.8, 4) is 11.5 Å². The molecule has 0 bridgehead atoms. The number of ether oxygens (including phenoxy) is 2. The van der Waals surface area contributed by atoms with E-state index in [2.05, 4.69) is 4.98 Å². The molecule has 2 atom stereocenters. The van der Waals surface area contributed by atoms with Crippen molar-refractivity contribution in [2.75, 3.05) is 20.3 Å². The van der Waals surface area contributed by atoms with Crippen LogP contribution in [0.2, 0.25) is 0 Å². The van der Waals surface area contributed by atoms with Crippen LogP contribution in [-0.4, -0.2) is 53.0 Å². The zero-order chi connectivity index (χ0) is 24.1. The number of carbonyl (C=O) groups excluding carboxylic acids is 2. The second-order valence-electron chi connectivity index (χ2n) is 7.41. The number of likely N-dealkylation sites (N-methyl/N-ethyl adjacent to an activating group) is 1. The molecule has 1 saturated heterocycles. The number of hydrogen-bond donors (Lipinski definition) is 1. The lowest BCUT2D eigenvalue weighted by molar-refractivity contribution is -0.157. The molecule has 0 saturated carbocycles. The predicted octanol–water partition coefficient (Wildman–Crippen LogP) is 2.21. The van der Waals surface area contributed by atoms with E-state index in [1.807, 2.05) is 24.3 Å². The second kappa shape index (κ2) is 5.76. The summed E-state index contributed by atoms with van der Waals surface area (Å²) in [5.41, 5.74) is 2.13. The van der Waals surface area contributed by atoms with Gasteiger partial charge < -0.3 is 24.3 Å². The maximum atomic E-state index is 13.3. The first-order valence-corrected chi connectivity index (χ1v) is 9.26. The van der Waals surface area contributed by atoms with Gasteiger partial charge in [-0.3, -0.25) is 9.59 Å². The van der Waals surface area contributed by atoms with Gasteiger partial charge in [0.2, 0.25) is 18.6 Å². The number of piperazine rings is 1. The standard InChI is InChI=1S/C22H19N3O4/c1-24-10-19(26)25-16(22(24)27)9-14-13-4-2-3-5-15(13)23-20(14)21(25)12-6-7-17-18(8-12)29-11-28-17/h2-8,16,21,23H,9-11H2,1H3/t16-,21?/m1/s1/i6D,7D,8D,11D2. The van der Waals surface area contributed by atoms with Gasteiger partial charge in [-0.15, -0.1) is 0 Å². The second-order valence-corrected chi connectivity index (χ2v) is 7.41. The number of hydrogen-bond acceptors (Lipinski definition) is 4. The van der Waals surface area contributed by atoms with Gasteiger partial charge in [0.05, 0.1) is 16.7 Å². The lowest BCUT2D eigenvalue weighted by atomic mass is 9.86. The molecule has 3 aliphatic heterocycles. The van der Waals surface area contributed by atoms with Crippen LogP contribution < -0.4 is 9.47 Å². The zero-order valence-electron chi connectivity index (χ0n) is 20.4. The normalized spacial score (nSPS) is 27.0. The molecule has 1 fully saturated rings. The smallest absolute Gasteiger partial charge is 0.245 e. The summed E-state index contributed by atoms with van der Waals surface area (Å²) in [6.07, 6.45) is 0.270. The van der Waals surface area contributed by atoms with Crippen molar-refractivity contribution in [2.24, 2.45) is 0 Å². The van der Waals surface area contributed by atoms with Gasteiger partial charge in [-0.2, -0.15) is 0 Å². The minimum Gasteiger partial charge on any atom is -0.454 e. The van der Waals surface area contributed by atoms with Crippen molar-refractivity contribution in [1.82, 2.24) is 14.8 Å². The highest BCUT2D eigenvalue weighted by Crippen LogP contribution is 2.44. The number of aromatic amines is 1. The van der Waals surface area contributed by atoms with Gasteiger partial charge >= 0.3 is 0 Å². The fourth-order valence-corrected chi connectivity index (χ4v) is 4.49. The van der Waals surface area contributed by atoms with E-state index < -0.39 is 24.9 Å². The summed E-state index contributed by atoms with van der Waals surface area (Å²) in [5.74, 6) is -1.22. The zero-order valence-corrected chi connectivity index (χ0v) is 15.4. The molecular weight excluding hydrogens is 370 g/mol. The van der Waals surface area contributed by atoms with E-state index in [0.717, 1.165) is 16.5 Å². The Hall–Kier alpha value is -3.48. The monoisotopic (exact) mass is 394 g/mol. The number of aromatic nitrogens is 1. The number of para-hydroxylation sites is 1. The summed E-state index contributed by atoms with van der Waals surface area (Å²) in [6.45, 7) is -2.73. The minimum absolute atomic E-state index is 0.0201. The van der Waals surface area contributed by atoms with Crippen LogP contribution in [0, 0.1) is 0 Å². The molecule has 1 unspecified atom stereocenters. The number of fused-ring (bicyclic) bond motifs is 5. The van der Waals surface area contributed by atoms with Gasteiger partial charge in [0.25, 0.3) is 0 Å². The summed E-state index contributed by atoms with van der Waals surface area (Å²) in [6, 6.07) is 4.43. The van der Waals surface area contributed by atoms with Gasteiger partial charge in [0, 0.05) is 30.1 Å². The molecule has 0 radical (unpaired) electrons. The third kappa shape index (κ3) is 2.24. The molecule has 0 spiro atoms. The molecule has 2 amide bonds. The largest absolute Gasteiger partial charge is 0.454 e. The first-order valence-electron chi connectivity index (χ1n) is 11.8. The lowest BCUT2D eigenvalue weighted by Crippen LogP contribution is -2.62. The molecule has 1 N–H and O–H groups in total. The number of rotatable bonds is 1. The van der Waals surface area contributed by atoms with Crippen LogP contribution in [0.1, 0.15) is 29.7 Å². The molecule has 7 heteroatoms. The van der Waals surface area contributed by atoms with Crippen molar-refractivity contribution in [3.63, 3.8) is 0 Å². The lowest BCUT2D eigenvalue weighted by Gasteiger charge is -2.46. The van der Waals surface area contributed by atoms with Crippen LogP contribution in [0.25, 0.3) is 10.9 Å². The molecule has 3 aromatic rings. The van der Waals surface area contributed by atoms with E-state index in [1.165, 1.54) is 9.80 Å². The Morgan fingerprint density at radius 1 is 1.21 bits per heavy atom. The van der Waals surface area contributed by atoms with Gasteiger partial charge in [-0.1, -0.05) is 24.2 Å². The van der Waals surface area contributed by atoms with E-state index in [-0.39, 0.29) is 53.9 Å². The number of nitrogens with zero attached hydrogens (tertiary/aromatic N) is 2. The van der Waals surface area contributed by atoms with E-state index >= 15 is 0 Å². The fraction of sp³-hybridized carbons (Fsp3) is 0.273. The highest BCUT2D eigenvalue weighted by molar-refractivity contribution is 5.97. The Labute approximate surface area is 173 Å². The summed E-state index contributed by atoms with van der Waals surface area (Å²) in [5, 5.41) is 0.872. The third-order valence-electron chi connectivity index (χ3n) is 5.78. The van der Waals surface area contributed by atoms with Gasteiger partial charge in [0.15, 0.2) is 11.5 Å². The topological polar surface area (TPSA) is 74.9 Å². The van der Waals surface area contributed by atoms with Crippen LogP contribution in [0.4, 0.5) is 0 Å².